The van der Waals surface area contributed by atoms with Crippen LogP contribution in [-0.2, 0) is 20.9 Å². The lowest BCUT2D eigenvalue weighted by molar-refractivity contribution is -0.126. The minimum atomic E-state index is -0.379. The summed E-state index contributed by atoms with van der Waals surface area (Å²) in [6, 6.07) is 7.59. The zero-order chi connectivity index (χ0) is 23.1. The number of fused-ring (bicyclic) bond motifs is 1. The summed E-state index contributed by atoms with van der Waals surface area (Å²) in [5.41, 5.74) is 2.87. The van der Waals surface area contributed by atoms with Crippen LogP contribution in [0.4, 0.5) is 5.13 Å². The fraction of sp³-hybridized carbons (Fsp3) is 0.318. The second-order valence-electron chi connectivity index (χ2n) is 7.09. The Bertz CT molecular complexity index is 1120. The van der Waals surface area contributed by atoms with E-state index < -0.39 is 0 Å². The normalized spacial score (nSPS) is 15.2. The molecule has 1 fully saturated rings. The molecule has 2 amide bonds. The Kier molecular flexibility index (Phi) is 7.72. The van der Waals surface area contributed by atoms with Crippen molar-refractivity contribution in [2.24, 2.45) is 5.92 Å². The molecule has 0 saturated carbocycles. The van der Waals surface area contributed by atoms with Gasteiger partial charge in [0.15, 0.2) is 5.13 Å². The summed E-state index contributed by atoms with van der Waals surface area (Å²) >= 11 is 1.44. The smallest absolute Gasteiger partial charge is 0.290 e. The summed E-state index contributed by atoms with van der Waals surface area (Å²) in [5.74, 6) is 0.216. The van der Waals surface area contributed by atoms with Gasteiger partial charge in [-0.25, -0.2) is 4.98 Å². The summed E-state index contributed by atoms with van der Waals surface area (Å²) in [7, 11) is 0. The minimum Gasteiger partial charge on any atom is -0.494 e. The molecule has 0 bridgehead atoms. The minimum absolute atomic E-state index is 0.0747. The van der Waals surface area contributed by atoms with Crippen LogP contribution in [0, 0.1) is 12.8 Å². The van der Waals surface area contributed by atoms with Crippen LogP contribution in [0.15, 0.2) is 36.7 Å². The van der Waals surface area contributed by atoms with Gasteiger partial charge < -0.3 is 15.2 Å². The van der Waals surface area contributed by atoms with Crippen LogP contribution < -0.4 is 15.0 Å². The van der Waals surface area contributed by atoms with Crippen LogP contribution in [0.5, 0.6) is 5.75 Å². The monoisotopic (exact) mass is 456 g/mol. The standard InChI is InChI=1S/C21H22N4O3S.CH2O2/c1-3-28-16-4-5-17-18(9-16)29-21(24-17)25-12-15(8-19(25)26)20(27)23-11-14-6-7-22-10-13(14)2;2-1-3/h4-7,9-10,15H,3,8,11-12H2,1-2H3,(H,23,27);1H,(H,2,3). The topological polar surface area (TPSA) is 122 Å². The number of carbonyl (C=O) groups excluding carboxylic acids is 2. The number of thiazole rings is 1. The lowest BCUT2D eigenvalue weighted by atomic mass is 10.1. The van der Waals surface area contributed by atoms with E-state index in [9.17, 15) is 9.59 Å². The number of rotatable bonds is 6. The van der Waals surface area contributed by atoms with E-state index in [1.807, 2.05) is 38.1 Å². The number of anilines is 1. The Morgan fingerprint density at radius 3 is 2.91 bits per heavy atom. The van der Waals surface area contributed by atoms with E-state index in [2.05, 4.69) is 15.3 Å². The van der Waals surface area contributed by atoms with Crippen molar-refractivity contribution in [3.63, 3.8) is 0 Å². The Morgan fingerprint density at radius 1 is 1.41 bits per heavy atom. The molecule has 2 aromatic heterocycles. The summed E-state index contributed by atoms with van der Waals surface area (Å²) < 4.78 is 6.49. The molecule has 1 aliphatic heterocycles. The van der Waals surface area contributed by atoms with E-state index in [-0.39, 0.29) is 30.6 Å². The van der Waals surface area contributed by atoms with Crippen molar-refractivity contribution in [1.29, 1.82) is 0 Å². The van der Waals surface area contributed by atoms with Crippen LogP contribution in [-0.4, -0.2) is 46.5 Å². The highest BCUT2D eigenvalue weighted by Crippen LogP contribution is 2.34. The molecule has 1 atom stereocenters. The van der Waals surface area contributed by atoms with Gasteiger partial charge in [-0.15, -0.1) is 0 Å². The van der Waals surface area contributed by atoms with Crippen molar-refractivity contribution in [3.8, 4) is 5.75 Å². The molecule has 0 aliphatic carbocycles. The summed E-state index contributed by atoms with van der Waals surface area (Å²) in [6.45, 7) is 5.01. The maximum atomic E-state index is 12.6. The Labute approximate surface area is 189 Å². The maximum absolute atomic E-state index is 12.6. The molecule has 3 heterocycles. The fourth-order valence-electron chi connectivity index (χ4n) is 3.36. The second-order valence-corrected chi connectivity index (χ2v) is 8.10. The van der Waals surface area contributed by atoms with Crippen molar-refractivity contribution < 1.29 is 24.2 Å². The molecule has 2 N–H and O–H groups in total. The van der Waals surface area contributed by atoms with Crippen LogP contribution in [0.1, 0.15) is 24.5 Å². The highest BCUT2D eigenvalue weighted by atomic mass is 32.1. The van der Waals surface area contributed by atoms with E-state index in [4.69, 9.17) is 14.6 Å². The number of pyridine rings is 1. The maximum Gasteiger partial charge on any atom is 0.290 e. The molecule has 1 saturated heterocycles. The highest BCUT2D eigenvalue weighted by molar-refractivity contribution is 7.22. The molecule has 1 aliphatic rings. The lowest BCUT2D eigenvalue weighted by Crippen LogP contribution is -2.32. The number of hydrogen-bond donors (Lipinski definition) is 2. The van der Waals surface area contributed by atoms with Gasteiger partial charge in [0.05, 0.1) is 22.7 Å². The number of nitrogens with zero attached hydrogens (tertiary/aromatic N) is 3. The van der Waals surface area contributed by atoms with Gasteiger partial charge in [-0.1, -0.05) is 11.3 Å². The first-order chi connectivity index (χ1) is 15.5. The zero-order valence-corrected chi connectivity index (χ0v) is 18.6. The summed E-state index contributed by atoms with van der Waals surface area (Å²) in [6.07, 6.45) is 3.67. The average molecular weight is 457 g/mol. The van der Waals surface area contributed by atoms with Crippen molar-refractivity contribution in [2.75, 3.05) is 18.1 Å². The molecule has 9 nitrogen and oxygen atoms in total. The number of nitrogens with one attached hydrogen (secondary N) is 1. The van der Waals surface area contributed by atoms with Crippen molar-refractivity contribution >= 4 is 45.0 Å². The van der Waals surface area contributed by atoms with E-state index >= 15 is 0 Å². The summed E-state index contributed by atoms with van der Waals surface area (Å²) in [4.78, 5) is 43.8. The molecule has 1 aromatic carbocycles. The van der Waals surface area contributed by atoms with Crippen LogP contribution in [0.2, 0.25) is 0 Å². The first kappa shape index (κ1) is 23.1. The number of carboxylic acid groups (broad SMARTS) is 1. The van der Waals surface area contributed by atoms with Gasteiger partial charge in [0.25, 0.3) is 6.47 Å². The van der Waals surface area contributed by atoms with Crippen LogP contribution >= 0.6 is 11.3 Å². The first-order valence-electron chi connectivity index (χ1n) is 10.1. The molecule has 1 unspecified atom stereocenters. The third-order valence-corrected chi connectivity index (χ3v) is 6.02. The second kappa shape index (κ2) is 10.7. The third-order valence-electron chi connectivity index (χ3n) is 4.98. The Morgan fingerprint density at radius 2 is 2.19 bits per heavy atom. The molecule has 32 heavy (non-hydrogen) atoms. The van der Waals surface area contributed by atoms with Crippen LogP contribution in [0.3, 0.4) is 0 Å². The SMILES string of the molecule is CCOc1ccc2nc(N3CC(C(=O)NCc4ccncc4C)CC3=O)sc2c1.O=CO. The van der Waals surface area contributed by atoms with Crippen molar-refractivity contribution in [2.45, 2.75) is 26.8 Å². The number of benzene rings is 1. The van der Waals surface area contributed by atoms with Gasteiger partial charge >= 0.3 is 0 Å². The lowest BCUT2D eigenvalue weighted by Gasteiger charge is -2.13. The van der Waals surface area contributed by atoms with E-state index in [1.165, 1.54) is 11.3 Å². The zero-order valence-electron chi connectivity index (χ0n) is 17.8. The van der Waals surface area contributed by atoms with E-state index in [0.717, 1.165) is 27.1 Å². The van der Waals surface area contributed by atoms with Gasteiger partial charge in [0.2, 0.25) is 11.8 Å². The largest absolute Gasteiger partial charge is 0.494 e. The molecule has 0 radical (unpaired) electrons. The van der Waals surface area contributed by atoms with E-state index in [1.54, 1.807) is 17.3 Å². The molecular formula is C22H24N4O5S. The highest BCUT2D eigenvalue weighted by Gasteiger charge is 2.36. The molecule has 0 spiro atoms. The predicted molar refractivity (Wildman–Crippen MR) is 121 cm³/mol. The number of ether oxygens (including phenoxy) is 1. The molecule has 10 heteroatoms. The quantitative estimate of drug-likeness (QED) is 0.547. The van der Waals surface area contributed by atoms with Gasteiger partial charge in [0.1, 0.15) is 5.75 Å². The van der Waals surface area contributed by atoms with Gasteiger partial charge in [-0.3, -0.25) is 24.3 Å². The predicted octanol–water partition coefficient (Wildman–Crippen LogP) is 2.77. The van der Waals surface area contributed by atoms with E-state index in [0.29, 0.717) is 24.8 Å². The number of hydrogen-bond acceptors (Lipinski definition) is 7. The molecule has 4 rings (SSSR count). The van der Waals surface area contributed by atoms with Crippen LogP contribution in [0.25, 0.3) is 10.2 Å². The Hall–Kier alpha value is -3.53. The third kappa shape index (κ3) is 5.38. The van der Waals surface area contributed by atoms with Gasteiger partial charge in [0, 0.05) is 31.9 Å². The fourth-order valence-corrected chi connectivity index (χ4v) is 4.38. The average Bonchev–Trinajstić information content (AvgIpc) is 3.36. The molecule has 168 valence electrons. The number of carbonyl (C=O) groups is 3. The number of aryl methyl sites for hydroxylation is 1. The number of aromatic nitrogens is 2. The molecular weight excluding hydrogens is 432 g/mol. The van der Waals surface area contributed by atoms with Gasteiger partial charge in [-0.2, -0.15) is 0 Å². The van der Waals surface area contributed by atoms with Crippen molar-refractivity contribution in [1.82, 2.24) is 15.3 Å². The Balaban J connectivity index is 0.000000913. The number of amides is 2. The summed E-state index contributed by atoms with van der Waals surface area (Å²) in [5, 5.41) is 10.5. The van der Waals surface area contributed by atoms with Gasteiger partial charge in [-0.05, 0) is 49.2 Å². The first-order valence-corrected chi connectivity index (χ1v) is 10.9. The molecule has 3 aromatic rings. The van der Waals surface area contributed by atoms with Crippen molar-refractivity contribution in [3.05, 3.63) is 47.8 Å².